The van der Waals surface area contributed by atoms with Crippen LogP contribution in [0.5, 0.6) is 0 Å². The van der Waals surface area contributed by atoms with E-state index < -0.39 is 47.9 Å². The number of rotatable bonds is 13. The smallest absolute Gasteiger partial charge is 0.326 e. The van der Waals surface area contributed by atoms with Gasteiger partial charge in [0, 0.05) is 11.5 Å². The highest BCUT2D eigenvalue weighted by atomic mass is 32.1. The first-order valence-corrected chi connectivity index (χ1v) is 10.9. The summed E-state index contributed by atoms with van der Waals surface area (Å²) < 4.78 is 0. The second-order valence-corrected chi connectivity index (χ2v) is 7.84. The molecule has 0 aliphatic carbocycles. The Morgan fingerprint density at radius 1 is 0.828 bits per heavy atom. The van der Waals surface area contributed by atoms with Crippen LogP contribution in [0, 0.1) is 11.8 Å². The van der Waals surface area contributed by atoms with Crippen molar-refractivity contribution in [2.75, 3.05) is 11.5 Å². The monoisotopic (exact) mass is 450 g/mol. The quantitative estimate of drug-likeness (QED) is 0.193. The maximum absolute atomic E-state index is 12.8. The Balaban J connectivity index is 5.29. The molecular weight excluding hydrogens is 416 g/mol. The van der Waals surface area contributed by atoms with Gasteiger partial charge in [-0.05, 0) is 11.8 Å². The molecule has 0 aromatic heterocycles. The molecule has 0 saturated carbocycles. The summed E-state index contributed by atoms with van der Waals surface area (Å²) in [4.78, 5) is 48.8. The fraction of sp³-hybridized carbons (Fsp3) is 0.778. The highest BCUT2D eigenvalue weighted by molar-refractivity contribution is 7.80. The zero-order chi connectivity index (χ0) is 22.7. The number of nitrogens with two attached hydrogens (primary N) is 1. The van der Waals surface area contributed by atoms with Crippen LogP contribution in [0.4, 0.5) is 0 Å². The van der Waals surface area contributed by atoms with Gasteiger partial charge in [-0.2, -0.15) is 25.3 Å². The molecule has 0 bridgehead atoms. The van der Waals surface area contributed by atoms with Crippen LogP contribution in [-0.2, 0) is 19.2 Å². The number of thiol groups is 2. The number of carbonyl (C=O) groups excluding carboxylic acids is 3. The van der Waals surface area contributed by atoms with Gasteiger partial charge in [0.2, 0.25) is 17.7 Å². The number of carboxylic acids is 1. The van der Waals surface area contributed by atoms with Crippen LogP contribution in [-0.4, -0.2) is 64.5 Å². The first-order valence-electron chi connectivity index (χ1n) is 9.65. The molecule has 11 heteroatoms. The Morgan fingerprint density at radius 2 is 1.31 bits per heavy atom. The van der Waals surface area contributed by atoms with Crippen LogP contribution in [0.1, 0.15) is 40.5 Å². The minimum absolute atomic E-state index is 0.0399. The number of carbonyl (C=O) groups is 4. The topological polar surface area (TPSA) is 151 Å². The highest BCUT2D eigenvalue weighted by Gasteiger charge is 2.32. The minimum atomic E-state index is -1.15. The van der Waals surface area contributed by atoms with Crippen molar-refractivity contribution in [3.05, 3.63) is 0 Å². The number of hydrogen-bond donors (Lipinski definition) is 7. The maximum Gasteiger partial charge on any atom is 0.326 e. The third-order valence-corrected chi connectivity index (χ3v) is 5.68. The van der Waals surface area contributed by atoms with E-state index in [1.807, 2.05) is 13.8 Å². The zero-order valence-corrected chi connectivity index (χ0v) is 19.1. The second kappa shape index (κ2) is 13.7. The first-order chi connectivity index (χ1) is 13.5. The van der Waals surface area contributed by atoms with Gasteiger partial charge in [-0.3, -0.25) is 14.4 Å². The van der Waals surface area contributed by atoms with E-state index in [0.29, 0.717) is 12.8 Å². The molecule has 9 nitrogen and oxygen atoms in total. The molecule has 6 N–H and O–H groups in total. The van der Waals surface area contributed by atoms with E-state index in [2.05, 4.69) is 41.2 Å². The zero-order valence-electron chi connectivity index (χ0n) is 17.3. The van der Waals surface area contributed by atoms with Crippen molar-refractivity contribution < 1.29 is 24.3 Å². The van der Waals surface area contributed by atoms with Gasteiger partial charge in [-0.1, -0.05) is 40.5 Å². The SMILES string of the molecule is CCC(C)C(NC(=O)C(CS)NC(=O)C(NC(=O)C(N)CS)C(C)CC)C(=O)O. The Hall–Kier alpha value is -1.46. The molecular formula is C18H34N4O5S2. The molecule has 0 rings (SSSR count). The van der Waals surface area contributed by atoms with Crippen molar-refractivity contribution >= 4 is 48.9 Å². The van der Waals surface area contributed by atoms with Gasteiger partial charge in [-0.25, -0.2) is 4.79 Å². The van der Waals surface area contributed by atoms with Crippen LogP contribution in [0.25, 0.3) is 0 Å². The summed E-state index contributed by atoms with van der Waals surface area (Å²) in [5, 5.41) is 16.9. The average Bonchev–Trinajstić information content (AvgIpc) is 2.71. The lowest BCUT2D eigenvalue weighted by molar-refractivity contribution is -0.143. The van der Waals surface area contributed by atoms with E-state index in [4.69, 9.17) is 5.73 Å². The van der Waals surface area contributed by atoms with Gasteiger partial charge in [0.1, 0.15) is 18.1 Å². The molecule has 168 valence electrons. The standard InChI is InChI=1S/C18H34N4O5S2/c1-5-9(3)13(21-15(23)11(19)7-28)17(25)20-12(8-29)16(24)22-14(18(26)27)10(4)6-2/h9-14,28-29H,5-8,19H2,1-4H3,(H,20,25)(H,21,23)(H,22,24)(H,26,27). The Labute approximate surface area is 183 Å². The lowest BCUT2D eigenvalue weighted by Crippen LogP contribution is -2.59. The minimum Gasteiger partial charge on any atom is -0.480 e. The predicted octanol–water partition coefficient (Wildman–Crippen LogP) is -0.195. The number of hydrogen-bond acceptors (Lipinski definition) is 7. The predicted molar refractivity (Wildman–Crippen MR) is 118 cm³/mol. The third-order valence-electron chi connectivity index (χ3n) is 4.92. The summed E-state index contributed by atoms with van der Waals surface area (Å²) in [5.41, 5.74) is 5.65. The summed E-state index contributed by atoms with van der Waals surface area (Å²) in [7, 11) is 0. The van der Waals surface area contributed by atoms with Crippen molar-refractivity contribution in [2.45, 2.75) is 64.7 Å². The van der Waals surface area contributed by atoms with Crippen LogP contribution in [0.2, 0.25) is 0 Å². The van der Waals surface area contributed by atoms with Crippen molar-refractivity contribution in [2.24, 2.45) is 17.6 Å². The summed E-state index contributed by atoms with van der Waals surface area (Å²) >= 11 is 8.08. The van der Waals surface area contributed by atoms with Gasteiger partial charge in [0.15, 0.2) is 0 Å². The van der Waals surface area contributed by atoms with E-state index in [-0.39, 0.29) is 23.3 Å². The van der Waals surface area contributed by atoms with Crippen LogP contribution >= 0.6 is 25.3 Å². The van der Waals surface area contributed by atoms with Crippen molar-refractivity contribution in [3.8, 4) is 0 Å². The summed E-state index contributed by atoms with van der Waals surface area (Å²) in [6.45, 7) is 7.18. The molecule has 3 amide bonds. The van der Waals surface area contributed by atoms with E-state index in [0.717, 1.165) is 0 Å². The van der Waals surface area contributed by atoms with Gasteiger partial charge < -0.3 is 26.8 Å². The molecule has 6 atom stereocenters. The lowest BCUT2D eigenvalue weighted by Gasteiger charge is -2.28. The molecule has 0 aliphatic heterocycles. The normalized spacial score (nSPS) is 17.2. The molecule has 29 heavy (non-hydrogen) atoms. The molecule has 0 heterocycles. The van der Waals surface area contributed by atoms with Gasteiger partial charge >= 0.3 is 5.97 Å². The van der Waals surface area contributed by atoms with Crippen molar-refractivity contribution in [1.82, 2.24) is 16.0 Å². The Kier molecular flexibility index (Phi) is 13.0. The maximum atomic E-state index is 12.8. The van der Waals surface area contributed by atoms with Crippen LogP contribution in [0.3, 0.4) is 0 Å². The number of aliphatic carboxylic acids is 1. The molecule has 0 aliphatic rings. The van der Waals surface area contributed by atoms with Gasteiger partial charge in [-0.15, -0.1) is 0 Å². The largest absolute Gasteiger partial charge is 0.480 e. The second-order valence-electron chi connectivity index (χ2n) is 7.11. The molecule has 0 fully saturated rings. The van der Waals surface area contributed by atoms with E-state index in [1.165, 1.54) is 0 Å². The molecule has 0 radical (unpaired) electrons. The number of nitrogens with one attached hydrogen (secondary N) is 3. The Morgan fingerprint density at radius 3 is 1.72 bits per heavy atom. The van der Waals surface area contributed by atoms with Crippen LogP contribution in [0.15, 0.2) is 0 Å². The summed E-state index contributed by atoms with van der Waals surface area (Å²) in [5.74, 6) is -3.32. The van der Waals surface area contributed by atoms with E-state index in [1.54, 1.807) is 13.8 Å². The fourth-order valence-electron chi connectivity index (χ4n) is 2.44. The fourth-order valence-corrected chi connectivity index (χ4v) is 2.86. The van der Waals surface area contributed by atoms with Gasteiger partial charge in [0.25, 0.3) is 0 Å². The third kappa shape index (κ3) is 8.83. The molecule has 0 aromatic rings. The van der Waals surface area contributed by atoms with E-state index >= 15 is 0 Å². The van der Waals surface area contributed by atoms with Crippen LogP contribution < -0.4 is 21.7 Å². The Bertz CT molecular complexity index is 578. The van der Waals surface area contributed by atoms with Crippen molar-refractivity contribution in [1.29, 1.82) is 0 Å². The molecule has 0 saturated heterocycles. The molecule has 6 unspecified atom stereocenters. The average molecular weight is 451 g/mol. The van der Waals surface area contributed by atoms with Crippen molar-refractivity contribution in [3.63, 3.8) is 0 Å². The van der Waals surface area contributed by atoms with Gasteiger partial charge in [0.05, 0.1) is 6.04 Å². The highest BCUT2D eigenvalue weighted by Crippen LogP contribution is 2.11. The lowest BCUT2D eigenvalue weighted by atomic mass is 9.97. The van der Waals surface area contributed by atoms with E-state index in [9.17, 15) is 24.3 Å². The number of amides is 3. The first kappa shape index (κ1) is 27.5. The molecule has 0 aromatic carbocycles. The summed E-state index contributed by atoms with van der Waals surface area (Å²) in [6.07, 6.45) is 1.16. The number of carboxylic acid groups (broad SMARTS) is 1. The molecule has 0 spiro atoms. The summed E-state index contributed by atoms with van der Waals surface area (Å²) in [6, 6.07) is -3.91.